The highest BCUT2D eigenvalue weighted by Crippen LogP contribution is 2.38. The fraction of sp³-hybridized carbons (Fsp3) is 0.316. The highest BCUT2D eigenvalue weighted by atomic mass is 35.5. The molecule has 3 rings (SSSR count). The Morgan fingerprint density at radius 1 is 1.14 bits per heavy atom. The molecule has 0 unspecified atom stereocenters. The van der Waals surface area contributed by atoms with Gasteiger partial charge in [0, 0.05) is 12.5 Å². The predicted molar refractivity (Wildman–Crippen MR) is 102 cm³/mol. The normalized spacial score (nSPS) is 12.7. The number of fused-ring (bicyclic) bond motifs is 1. The van der Waals surface area contributed by atoms with Gasteiger partial charge in [-0.1, -0.05) is 11.6 Å². The lowest BCUT2D eigenvalue weighted by Gasteiger charge is -2.13. The number of hydrogen-bond donors (Lipinski definition) is 0. The molecule has 10 heteroatoms. The molecule has 0 amide bonds. The van der Waals surface area contributed by atoms with Crippen molar-refractivity contribution in [3.05, 3.63) is 50.5 Å². The second-order valence-corrected chi connectivity index (χ2v) is 6.42. The zero-order valence-corrected chi connectivity index (χ0v) is 16.5. The van der Waals surface area contributed by atoms with E-state index in [1.165, 1.54) is 20.3 Å². The maximum absolute atomic E-state index is 12.5. The number of nitro benzene ring substituents is 1. The monoisotopic (exact) mass is 423 g/mol. The first-order valence-electron chi connectivity index (χ1n) is 8.60. The molecule has 0 N–H and O–H groups in total. The topological polar surface area (TPSA) is 106 Å². The maximum Gasteiger partial charge on any atom is 0.345 e. The molecule has 2 aromatic rings. The molecule has 0 atom stereocenters. The Morgan fingerprint density at radius 3 is 2.52 bits per heavy atom. The number of esters is 1. The molecule has 29 heavy (non-hydrogen) atoms. The summed E-state index contributed by atoms with van der Waals surface area (Å²) in [6.07, 6.45) is 0.721. The summed E-state index contributed by atoms with van der Waals surface area (Å²) in [4.78, 5) is 23.2. The summed E-state index contributed by atoms with van der Waals surface area (Å²) in [5.41, 5.74) is -0.159. The van der Waals surface area contributed by atoms with E-state index in [2.05, 4.69) is 0 Å². The predicted octanol–water partition coefficient (Wildman–Crippen LogP) is 3.78. The van der Waals surface area contributed by atoms with Crippen molar-refractivity contribution in [2.75, 3.05) is 27.4 Å². The van der Waals surface area contributed by atoms with E-state index >= 15 is 0 Å². The largest absolute Gasteiger partial charge is 0.493 e. The summed E-state index contributed by atoms with van der Waals surface area (Å²) in [7, 11) is 2.70. The molecule has 0 saturated carbocycles. The quantitative estimate of drug-likeness (QED) is 0.392. The Kier molecular flexibility index (Phi) is 6.28. The van der Waals surface area contributed by atoms with E-state index in [-0.39, 0.29) is 23.7 Å². The van der Waals surface area contributed by atoms with Gasteiger partial charge >= 0.3 is 5.97 Å². The minimum absolute atomic E-state index is 0.130. The van der Waals surface area contributed by atoms with Crippen LogP contribution in [-0.2, 0) is 11.3 Å². The van der Waals surface area contributed by atoms with Crippen LogP contribution < -0.4 is 18.9 Å². The van der Waals surface area contributed by atoms with Crippen LogP contribution >= 0.6 is 11.6 Å². The molecule has 0 saturated heterocycles. The molecule has 0 fully saturated rings. The number of nitrogens with zero attached hydrogens (tertiary/aromatic N) is 1. The third-order valence-electron chi connectivity index (χ3n) is 4.15. The molecule has 0 aromatic heterocycles. The second kappa shape index (κ2) is 8.87. The van der Waals surface area contributed by atoms with E-state index < -0.39 is 16.6 Å². The number of nitro groups is 1. The number of carbonyl (C=O) groups is 1. The van der Waals surface area contributed by atoms with Crippen LogP contribution in [0.4, 0.5) is 5.69 Å². The molecule has 0 bridgehead atoms. The average Bonchev–Trinajstić information content (AvgIpc) is 2.96. The van der Waals surface area contributed by atoms with Crippen LogP contribution in [0.3, 0.4) is 0 Å². The van der Waals surface area contributed by atoms with Crippen molar-refractivity contribution in [3.63, 3.8) is 0 Å². The zero-order chi connectivity index (χ0) is 21.0. The first-order chi connectivity index (χ1) is 13.9. The van der Waals surface area contributed by atoms with Gasteiger partial charge in [-0.15, -0.1) is 0 Å². The van der Waals surface area contributed by atoms with Gasteiger partial charge in [-0.25, -0.2) is 4.79 Å². The number of hydrogen-bond acceptors (Lipinski definition) is 8. The smallest absolute Gasteiger partial charge is 0.345 e. The molecular formula is C19H18ClNO8. The van der Waals surface area contributed by atoms with Crippen molar-refractivity contribution >= 4 is 23.3 Å². The second-order valence-electron chi connectivity index (χ2n) is 6.01. The van der Waals surface area contributed by atoms with Crippen molar-refractivity contribution in [2.24, 2.45) is 0 Å². The third kappa shape index (κ3) is 4.45. The summed E-state index contributed by atoms with van der Waals surface area (Å²) in [6.45, 7) is 0.801. The van der Waals surface area contributed by atoms with Crippen LogP contribution in [0.2, 0.25) is 5.02 Å². The van der Waals surface area contributed by atoms with E-state index in [4.69, 9.17) is 35.3 Å². The van der Waals surface area contributed by atoms with Crippen LogP contribution in [0.25, 0.3) is 0 Å². The Bertz CT molecular complexity index is 946. The summed E-state index contributed by atoms with van der Waals surface area (Å²) in [6, 6.07) is 5.56. The molecule has 0 spiro atoms. The zero-order valence-electron chi connectivity index (χ0n) is 15.7. The molecule has 154 valence electrons. The molecular weight excluding hydrogens is 406 g/mol. The lowest BCUT2D eigenvalue weighted by Crippen LogP contribution is -2.09. The van der Waals surface area contributed by atoms with E-state index in [0.29, 0.717) is 35.3 Å². The van der Waals surface area contributed by atoms with Crippen molar-refractivity contribution in [1.82, 2.24) is 0 Å². The third-order valence-corrected chi connectivity index (χ3v) is 4.43. The first kappa shape index (κ1) is 20.5. The van der Waals surface area contributed by atoms with Gasteiger partial charge in [-0.05, 0) is 17.7 Å². The van der Waals surface area contributed by atoms with Gasteiger partial charge in [0.15, 0.2) is 23.0 Å². The number of halogens is 1. The van der Waals surface area contributed by atoms with Crippen molar-refractivity contribution < 1.29 is 33.4 Å². The average molecular weight is 424 g/mol. The SMILES string of the molecule is COc1cc(C(=O)OCc2cc(Cl)c3c(c2)OCCCO3)c([N+](=O)[O-])cc1OC. The van der Waals surface area contributed by atoms with Gasteiger partial charge in [-0.2, -0.15) is 0 Å². The van der Waals surface area contributed by atoms with E-state index in [1.807, 2.05) is 0 Å². The fourth-order valence-corrected chi connectivity index (χ4v) is 3.06. The maximum atomic E-state index is 12.5. The summed E-state index contributed by atoms with van der Waals surface area (Å²) in [5, 5.41) is 11.7. The van der Waals surface area contributed by atoms with Gasteiger partial charge in [0.05, 0.1) is 43.4 Å². The van der Waals surface area contributed by atoms with Crippen LogP contribution in [-0.4, -0.2) is 38.3 Å². The van der Waals surface area contributed by atoms with Gasteiger partial charge in [0.1, 0.15) is 12.2 Å². The molecule has 0 radical (unpaired) electrons. The summed E-state index contributed by atoms with van der Waals surface area (Å²) >= 11 is 6.23. The lowest BCUT2D eigenvalue weighted by molar-refractivity contribution is -0.385. The van der Waals surface area contributed by atoms with Crippen molar-refractivity contribution in [3.8, 4) is 23.0 Å². The highest BCUT2D eigenvalue weighted by Gasteiger charge is 2.26. The Balaban J connectivity index is 1.83. The Hall–Kier alpha value is -3.20. The van der Waals surface area contributed by atoms with Gasteiger partial charge in [0.2, 0.25) is 0 Å². The minimum atomic E-state index is -0.888. The van der Waals surface area contributed by atoms with E-state index in [0.717, 1.165) is 12.5 Å². The number of methoxy groups -OCH3 is 2. The van der Waals surface area contributed by atoms with Crippen molar-refractivity contribution in [2.45, 2.75) is 13.0 Å². The van der Waals surface area contributed by atoms with Crippen LogP contribution in [0.15, 0.2) is 24.3 Å². The minimum Gasteiger partial charge on any atom is -0.493 e. The summed E-state index contributed by atoms with van der Waals surface area (Å²) < 4.78 is 26.6. The Morgan fingerprint density at radius 2 is 1.83 bits per heavy atom. The standard InChI is InChI=1S/C19H18ClNO8/c1-25-15-8-12(14(21(23)24)9-16(15)26-2)19(22)29-10-11-6-13(20)18-17(7-11)27-4-3-5-28-18/h6-9H,3-5,10H2,1-2H3. The molecule has 2 aromatic carbocycles. The number of ether oxygens (including phenoxy) is 5. The van der Waals surface area contributed by atoms with Gasteiger partial charge < -0.3 is 23.7 Å². The molecule has 1 heterocycles. The van der Waals surface area contributed by atoms with Crippen LogP contribution in [0.1, 0.15) is 22.3 Å². The molecule has 1 aliphatic rings. The van der Waals surface area contributed by atoms with Crippen molar-refractivity contribution in [1.29, 1.82) is 0 Å². The fourth-order valence-electron chi connectivity index (χ4n) is 2.78. The molecule has 9 nitrogen and oxygen atoms in total. The molecule has 1 aliphatic heterocycles. The Labute approximate surface area is 171 Å². The highest BCUT2D eigenvalue weighted by molar-refractivity contribution is 6.32. The van der Waals surface area contributed by atoms with Gasteiger partial charge in [0.25, 0.3) is 5.69 Å². The number of benzene rings is 2. The van der Waals surface area contributed by atoms with Crippen LogP contribution in [0, 0.1) is 10.1 Å². The molecule has 0 aliphatic carbocycles. The first-order valence-corrected chi connectivity index (χ1v) is 8.98. The van der Waals surface area contributed by atoms with Gasteiger partial charge in [-0.3, -0.25) is 10.1 Å². The number of carbonyl (C=O) groups excluding carboxylic acids is 1. The van der Waals surface area contributed by atoms with E-state index in [9.17, 15) is 14.9 Å². The van der Waals surface area contributed by atoms with E-state index in [1.54, 1.807) is 12.1 Å². The van der Waals surface area contributed by atoms with Crippen LogP contribution in [0.5, 0.6) is 23.0 Å². The lowest BCUT2D eigenvalue weighted by atomic mass is 10.1. The summed E-state index contributed by atoms with van der Waals surface area (Å²) in [5.74, 6) is 0.308. The number of rotatable bonds is 6.